The minimum absolute atomic E-state index is 0.355. The Labute approximate surface area is 107 Å². The third-order valence-electron chi connectivity index (χ3n) is 2.61. The first-order chi connectivity index (χ1) is 8.26. The van der Waals surface area contributed by atoms with E-state index in [0.29, 0.717) is 23.9 Å². The van der Waals surface area contributed by atoms with Crippen molar-refractivity contribution in [2.75, 3.05) is 11.5 Å². The van der Waals surface area contributed by atoms with E-state index in [0.717, 1.165) is 16.9 Å². The molecule has 0 saturated carbocycles. The molecule has 6 heteroatoms. The third-order valence-corrected chi connectivity index (χ3v) is 4.13. The zero-order valence-corrected chi connectivity index (χ0v) is 11.2. The van der Waals surface area contributed by atoms with Crippen molar-refractivity contribution in [3.05, 3.63) is 24.3 Å². The van der Waals surface area contributed by atoms with Crippen molar-refractivity contribution < 1.29 is 4.21 Å². The molecule has 0 amide bonds. The first-order valence-corrected chi connectivity index (χ1v) is 7.48. The first kappa shape index (κ1) is 12.5. The van der Waals surface area contributed by atoms with Gasteiger partial charge in [-0.2, -0.15) is 0 Å². The molecule has 0 aliphatic rings. The van der Waals surface area contributed by atoms with Gasteiger partial charge in [-0.15, -0.1) is 11.6 Å². The Balaban J connectivity index is 2.33. The zero-order chi connectivity index (χ0) is 12.3. The van der Waals surface area contributed by atoms with E-state index in [1.807, 2.05) is 17.6 Å². The summed E-state index contributed by atoms with van der Waals surface area (Å²) in [6.07, 6.45) is 3.45. The molecule has 1 unspecified atom stereocenters. The van der Waals surface area contributed by atoms with Gasteiger partial charge in [-0.1, -0.05) is 6.92 Å². The minimum Gasteiger partial charge on any atom is -0.326 e. The summed E-state index contributed by atoms with van der Waals surface area (Å²) in [6.45, 7) is 2.61. The van der Waals surface area contributed by atoms with E-state index in [1.165, 1.54) is 0 Å². The summed E-state index contributed by atoms with van der Waals surface area (Å²) in [5.41, 5.74) is 1.84. The maximum absolute atomic E-state index is 11.5. The van der Waals surface area contributed by atoms with Gasteiger partial charge in [0.05, 0.1) is 17.6 Å². The maximum atomic E-state index is 11.5. The van der Waals surface area contributed by atoms with Gasteiger partial charge in [-0.3, -0.25) is 9.19 Å². The van der Waals surface area contributed by atoms with Gasteiger partial charge in [0, 0.05) is 35.0 Å². The molecule has 2 aromatic rings. The second-order valence-corrected chi connectivity index (χ2v) is 5.74. The number of imidazole rings is 1. The molecule has 0 bridgehead atoms. The Morgan fingerprint density at radius 2 is 2.35 bits per heavy atom. The Kier molecular flexibility index (Phi) is 4.12. The van der Waals surface area contributed by atoms with Gasteiger partial charge in [0.15, 0.2) is 0 Å². The van der Waals surface area contributed by atoms with Crippen LogP contribution in [0.2, 0.25) is 0 Å². The highest BCUT2D eigenvalue weighted by Crippen LogP contribution is 2.16. The molecule has 0 fully saturated rings. The quantitative estimate of drug-likeness (QED) is 0.781. The third kappa shape index (κ3) is 2.66. The number of fused-ring (bicyclic) bond motifs is 1. The standard InChI is InChI=1S/C11H14ClN3OS/c1-2-17(16)6-5-15-10-3-4-13-8-9(10)14-11(15)7-12/h3-4,8H,2,5-7H2,1H3. The van der Waals surface area contributed by atoms with Crippen LogP contribution in [0, 0.1) is 0 Å². The lowest BCUT2D eigenvalue weighted by molar-refractivity contribution is 0.673. The predicted molar refractivity (Wildman–Crippen MR) is 70.6 cm³/mol. The molecular weight excluding hydrogens is 258 g/mol. The van der Waals surface area contributed by atoms with Crippen LogP contribution in [0.15, 0.2) is 18.5 Å². The highest BCUT2D eigenvalue weighted by molar-refractivity contribution is 7.84. The molecule has 0 spiro atoms. The monoisotopic (exact) mass is 271 g/mol. The van der Waals surface area contributed by atoms with E-state index < -0.39 is 10.8 Å². The summed E-state index contributed by atoms with van der Waals surface area (Å²) >= 11 is 5.87. The number of aryl methyl sites for hydroxylation is 1. The number of pyridine rings is 1. The normalized spacial score (nSPS) is 13.1. The van der Waals surface area contributed by atoms with Gasteiger partial charge in [0.2, 0.25) is 0 Å². The number of halogens is 1. The lowest BCUT2D eigenvalue weighted by atomic mass is 10.4. The van der Waals surface area contributed by atoms with Gasteiger partial charge in [0.1, 0.15) is 11.3 Å². The van der Waals surface area contributed by atoms with Crippen LogP contribution in [0.5, 0.6) is 0 Å². The Morgan fingerprint density at radius 1 is 1.53 bits per heavy atom. The highest BCUT2D eigenvalue weighted by atomic mass is 35.5. The molecular formula is C11H14ClN3OS. The van der Waals surface area contributed by atoms with Crippen LogP contribution in [0.3, 0.4) is 0 Å². The number of hydrogen-bond donors (Lipinski definition) is 0. The molecule has 0 N–H and O–H groups in total. The summed E-state index contributed by atoms with van der Waals surface area (Å²) < 4.78 is 13.5. The molecule has 0 saturated heterocycles. The van der Waals surface area contributed by atoms with Crippen molar-refractivity contribution >= 4 is 33.4 Å². The molecule has 0 aromatic carbocycles. The van der Waals surface area contributed by atoms with Crippen molar-refractivity contribution in [3.8, 4) is 0 Å². The molecule has 92 valence electrons. The second kappa shape index (κ2) is 5.60. The molecule has 0 radical (unpaired) electrons. The topological polar surface area (TPSA) is 47.8 Å². The number of hydrogen-bond acceptors (Lipinski definition) is 3. The maximum Gasteiger partial charge on any atom is 0.124 e. The molecule has 2 heterocycles. The molecule has 0 aliphatic heterocycles. The van der Waals surface area contributed by atoms with Gasteiger partial charge in [-0.05, 0) is 6.07 Å². The van der Waals surface area contributed by atoms with Gasteiger partial charge in [0.25, 0.3) is 0 Å². The van der Waals surface area contributed by atoms with Crippen LogP contribution in [0.25, 0.3) is 11.0 Å². The van der Waals surface area contributed by atoms with E-state index in [-0.39, 0.29) is 0 Å². The lowest BCUT2D eigenvalue weighted by Crippen LogP contribution is -2.11. The minimum atomic E-state index is -0.772. The largest absolute Gasteiger partial charge is 0.326 e. The number of alkyl halides is 1. The predicted octanol–water partition coefficient (Wildman–Crippen LogP) is 1.94. The smallest absolute Gasteiger partial charge is 0.124 e. The Hall–Kier alpha value is -0.940. The first-order valence-electron chi connectivity index (χ1n) is 5.46. The summed E-state index contributed by atoms with van der Waals surface area (Å²) in [6, 6.07) is 1.91. The second-order valence-electron chi connectivity index (χ2n) is 3.61. The van der Waals surface area contributed by atoms with Gasteiger partial charge >= 0.3 is 0 Å². The van der Waals surface area contributed by atoms with Crippen LogP contribution >= 0.6 is 11.6 Å². The summed E-state index contributed by atoms with van der Waals surface area (Å²) in [4.78, 5) is 8.44. The fourth-order valence-corrected chi connectivity index (χ4v) is 2.60. The molecule has 2 rings (SSSR count). The van der Waals surface area contributed by atoms with Gasteiger partial charge < -0.3 is 4.57 Å². The van der Waals surface area contributed by atoms with Gasteiger partial charge in [-0.25, -0.2) is 4.98 Å². The zero-order valence-electron chi connectivity index (χ0n) is 9.60. The van der Waals surface area contributed by atoms with E-state index in [2.05, 4.69) is 9.97 Å². The van der Waals surface area contributed by atoms with Crippen molar-refractivity contribution in [1.29, 1.82) is 0 Å². The molecule has 1 atom stereocenters. The summed E-state index contributed by atoms with van der Waals surface area (Å²) in [5, 5.41) is 0. The molecule has 4 nitrogen and oxygen atoms in total. The number of rotatable bonds is 5. The van der Waals surface area contributed by atoms with Crippen molar-refractivity contribution in [2.45, 2.75) is 19.3 Å². The fraction of sp³-hybridized carbons (Fsp3) is 0.455. The van der Waals surface area contributed by atoms with E-state index in [4.69, 9.17) is 11.6 Å². The van der Waals surface area contributed by atoms with E-state index in [1.54, 1.807) is 12.4 Å². The average molecular weight is 272 g/mol. The SMILES string of the molecule is CCS(=O)CCn1c(CCl)nc2cnccc21. The molecule has 0 aliphatic carbocycles. The van der Waals surface area contributed by atoms with Crippen LogP contribution < -0.4 is 0 Å². The molecule has 2 aromatic heterocycles. The van der Waals surface area contributed by atoms with Crippen LogP contribution in [-0.4, -0.2) is 30.2 Å². The van der Waals surface area contributed by atoms with Crippen molar-refractivity contribution in [3.63, 3.8) is 0 Å². The van der Waals surface area contributed by atoms with Crippen LogP contribution in [0.1, 0.15) is 12.7 Å². The number of nitrogens with zero attached hydrogens (tertiary/aromatic N) is 3. The lowest BCUT2D eigenvalue weighted by Gasteiger charge is -2.06. The van der Waals surface area contributed by atoms with Crippen molar-refractivity contribution in [2.24, 2.45) is 0 Å². The van der Waals surface area contributed by atoms with Crippen LogP contribution in [-0.2, 0) is 23.2 Å². The Bertz CT molecular complexity index is 540. The summed E-state index contributed by atoms with van der Waals surface area (Å²) in [7, 11) is -0.772. The Morgan fingerprint density at radius 3 is 3.06 bits per heavy atom. The summed E-state index contributed by atoms with van der Waals surface area (Å²) in [5.74, 6) is 2.48. The van der Waals surface area contributed by atoms with Crippen molar-refractivity contribution in [1.82, 2.24) is 14.5 Å². The highest BCUT2D eigenvalue weighted by Gasteiger charge is 2.10. The van der Waals surface area contributed by atoms with E-state index in [9.17, 15) is 4.21 Å². The average Bonchev–Trinajstić information content (AvgIpc) is 2.73. The number of aromatic nitrogens is 3. The van der Waals surface area contributed by atoms with E-state index >= 15 is 0 Å². The molecule has 17 heavy (non-hydrogen) atoms. The fourth-order valence-electron chi connectivity index (χ4n) is 1.72. The van der Waals surface area contributed by atoms with Crippen LogP contribution in [0.4, 0.5) is 0 Å².